The van der Waals surface area contributed by atoms with E-state index in [0.29, 0.717) is 11.9 Å². The van der Waals surface area contributed by atoms with Gasteiger partial charge in [0.05, 0.1) is 11.9 Å². The first-order valence-corrected chi connectivity index (χ1v) is 7.05. The van der Waals surface area contributed by atoms with E-state index in [-0.39, 0.29) is 6.03 Å². The molecule has 1 aromatic heterocycles. The molecule has 0 radical (unpaired) electrons. The Bertz CT molecular complexity index is 608. The fourth-order valence-corrected chi connectivity index (χ4v) is 2.02. The molecule has 0 atom stereocenters. The molecule has 2 aromatic rings. The molecule has 0 unspecified atom stereocenters. The molecule has 108 valence electrons. The molecule has 0 aliphatic heterocycles. The van der Waals surface area contributed by atoms with E-state index in [1.165, 1.54) is 0 Å². The van der Waals surface area contributed by atoms with Gasteiger partial charge >= 0.3 is 6.03 Å². The third kappa shape index (κ3) is 3.51. The van der Waals surface area contributed by atoms with Gasteiger partial charge in [0.15, 0.2) is 0 Å². The van der Waals surface area contributed by atoms with E-state index in [4.69, 9.17) is 0 Å². The van der Waals surface area contributed by atoms with Crippen molar-refractivity contribution >= 4 is 23.2 Å². The SMILES string of the molecule is CN(c1ccccc1)c1ccc(NC(=O)NC2CC2)nc1. The highest BCUT2D eigenvalue weighted by molar-refractivity contribution is 5.88. The van der Waals surface area contributed by atoms with E-state index < -0.39 is 0 Å². The van der Waals surface area contributed by atoms with Crippen LogP contribution in [0.15, 0.2) is 48.7 Å². The number of carbonyl (C=O) groups is 1. The van der Waals surface area contributed by atoms with E-state index in [0.717, 1.165) is 24.2 Å². The monoisotopic (exact) mass is 282 g/mol. The summed E-state index contributed by atoms with van der Waals surface area (Å²) in [6, 6.07) is 14.0. The molecule has 21 heavy (non-hydrogen) atoms. The summed E-state index contributed by atoms with van der Waals surface area (Å²) in [4.78, 5) is 18.0. The van der Waals surface area contributed by atoms with Crippen LogP contribution in [0.3, 0.4) is 0 Å². The number of carbonyl (C=O) groups excluding carboxylic acids is 1. The number of hydrogen-bond acceptors (Lipinski definition) is 3. The minimum atomic E-state index is -0.186. The average Bonchev–Trinajstić information content (AvgIpc) is 3.32. The van der Waals surface area contributed by atoms with Crippen LogP contribution in [0.25, 0.3) is 0 Å². The third-order valence-electron chi connectivity index (χ3n) is 3.43. The van der Waals surface area contributed by atoms with Crippen molar-refractivity contribution in [2.75, 3.05) is 17.3 Å². The summed E-state index contributed by atoms with van der Waals surface area (Å²) < 4.78 is 0. The van der Waals surface area contributed by atoms with Crippen molar-refractivity contribution in [3.63, 3.8) is 0 Å². The summed E-state index contributed by atoms with van der Waals surface area (Å²) >= 11 is 0. The second-order valence-corrected chi connectivity index (χ2v) is 5.17. The van der Waals surface area contributed by atoms with Gasteiger partial charge in [-0.05, 0) is 37.1 Å². The number of hydrogen-bond donors (Lipinski definition) is 2. The minimum Gasteiger partial charge on any atom is -0.343 e. The van der Waals surface area contributed by atoms with E-state index >= 15 is 0 Å². The number of rotatable bonds is 4. The van der Waals surface area contributed by atoms with E-state index in [1.807, 2.05) is 48.3 Å². The summed E-state index contributed by atoms with van der Waals surface area (Å²) in [7, 11) is 1.99. The van der Waals surface area contributed by atoms with Crippen LogP contribution in [0, 0.1) is 0 Å². The molecule has 1 fully saturated rings. The van der Waals surface area contributed by atoms with Gasteiger partial charge in [0.2, 0.25) is 0 Å². The molecule has 0 saturated heterocycles. The van der Waals surface area contributed by atoms with Gasteiger partial charge in [0.25, 0.3) is 0 Å². The van der Waals surface area contributed by atoms with Crippen molar-refractivity contribution < 1.29 is 4.79 Å². The Kier molecular flexibility index (Phi) is 3.73. The van der Waals surface area contributed by atoms with Crippen LogP contribution >= 0.6 is 0 Å². The lowest BCUT2D eigenvalue weighted by Gasteiger charge is -2.19. The Morgan fingerprint density at radius 2 is 1.90 bits per heavy atom. The first kappa shape index (κ1) is 13.4. The summed E-state index contributed by atoms with van der Waals surface area (Å²) in [5.41, 5.74) is 2.06. The molecule has 0 bridgehead atoms. The van der Waals surface area contributed by atoms with Crippen LogP contribution in [0.1, 0.15) is 12.8 Å². The molecule has 1 aromatic carbocycles. The van der Waals surface area contributed by atoms with Crippen LogP contribution in [0.4, 0.5) is 22.0 Å². The zero-order chi connectivity index (χ0) is 14.7. The molecule has 1 saturated carbocycles. The smallest absolute Gasteiger partial charge is 0.320 e. The topological polar surface area (TPSA) is 57.3 Å². The zero-order valence-corrected chi connectivity index (χ0v) is 11.9. The third-order valence-corrected chi connectivity index (χ3v) is 3.43. The normalized spacial score (nSPS) is 13.6. The van der Waals surface area contributed by atoms with E-state index in [1.54, 1.807) is 12.3 Å². The number of urea groups is 1. The highest BCUT2D eigenvalue weighted by atomic mass is 16.2. The number of anilines is 3. The number of pyridine rings is 1. The molecular formula is C16H18N4O. The van der Waals surface area contributed by atoms with Crippen molar-refractivity contribution in [3.8, 4) is 0 Å². The summed E-state index contributed by atoms with van der Waals surface area (Å²) in [6.07, 6.45) is 3.89. The second-order valence-electron chi connectivity index (χ2n) is 5.17. The molecule has 0 spiro atoms. The van der Waals surface area contributed by atoms with Crippen LogP contribution in [-0.2, 0) is 0 Å². The maximum atomic E-state index is 11.6. The van der Waals surface area contributed by atoms with Gasteiger partial charge in [-0.3, -0.25) is 5.32 Å². The standard InChI is InChI=1S/C16H18N4O/c1-20(13-5-3-2-4-6-13)14-9-10-15(17-11-14)19-16(21)18-12-7-8-12/h2-6,9-12H,7-8H2,1H3,(H2,17,18,19,21). The molecule has 2 N–H and O–H groups in total. The number of para-hydroxylation sites is 1. The van der Waals surface area contributed by atoms with Gasteiger partial charge in [-0.15, -0.1) is 0 Å². The fraction of sp³-hybridized carbons (Fsp3) is 0.250. The van der Waals surface area contributed by atoms with Crippen LogP contribution < -0.4 is 15.5 Å². The zero-order valence-electron chi connectivity index (χ0n) is 11.9. The number of aromatic nitrogens is 1. The predicted molar refractivity (Wildman–Crippen MR) is 83.9 cm³/mol. The number of benzene rings is 1. The highest BCUT2D eigenvalue weighted by Crippen LogP contribution is 2.23. The van der Waals surface area contributed by atoms with Crippen molar-refractivity contribution in [2.24, 2.45) is 0 Å². The lowest BCUT2D eigenvalue weighted by molar-refractivity contribution is 0.251. The number of nitrogens with one attached hydrogen (secondary N) is 2. The molecule has 5 nitrogen and oxygen atoms in total. The van der Waals surface area contributed by atoms with Crippen molar-refractivity contribution in [1.82, 2.24) is 10.3 Å². The van der Waals surface area contributed by atoms with Gasteiger partial charge in [0, 0.05) is 18.8 Å². The Hall–Kier alpha value is -2.56. The molecule has 2 amide bonds. The minimum absolute atomic E-state index is 0.186. The van der Waals surface area contributed by atoms with Gasteiger partial charge < -0.3 is 10.2 Å². The number of amides is 2. The maximum Gasteiger partial charge on any atom is 0.320 e. The first-order valence-electron chi connectivity index (χ1n) is 7.05. The van der Waals surface area contributed by atoms with Crippen molar-refractivity contribution in [3.05, 3.63) is 48.7 Å². The van der Waals surface area contributed by atoms with Crippen LogP contribution in [0.5, 0.6) is 0 Å². The maximum absolute atomic E-state index is 11.6. The summed E-state index contributed by atoms with van der Waals surface area (Å²) in [6.45, 7) is 0. The van der Waals surface area contributed by atoms with E-state index in [9.17, 15) is 4.79 Å². The Labute approximate surface area is 124 Å². The molecular weight excluding hydrogens is 264 g/mol. The Morgan fingerprint density at radius 3 is 2.52 bits per heavy atom. The lowest BCUT2D eigenvalue weighted by atomic mass is 10.2. The average molecular weight is 282 g/mol. The Morgan fingerprint density at radius 1 is 1.14 bits per heavy atom. The molecule has 1 aliphatic carbocycles. The van der Waals surface area contributed by atoms with Gasteiger partial charge in [-0.25, -0.2) is 9.78 Å². The fourth-order valence-electron chi connectivity index (χ4n) is 2.02. The lowest BCUT2D eigenvalue weighted by Crippen LogP contribution is -2.30. The molecule has 1 aliphatic rings. The number of nitrogens with zero attached hydrogens (tertiary/aromatic N) is 2. The summed E-state index contributed by atoms with van der Waals surface area (Å²) in [5.74, 6) is 0.554. The van der Waals surface area contributed by atoms with Gasteiger partial charge in [0.1, 0.15) is 5.82 Å². The van der Waals surface area contributed by atoms with Crippen LogP contribution in [-0.4, -0.2) is 24.1 Å². The van der Waals surface area contributed by atoms with Gasteiger partial charge in [-0.1, -0.05) is 18.2 Å². The second kappa shape index (κ2) is 5.83. The van der Waals surface area contributed by atoms with Crippen LogP contribution in [0.2, 0.25) is 0 Å². The first-order chi connectivity index (χ1) is 10.2. The Balaban J connectivity index is 1.64. The quantitative estimate of drug-likeness (QED) is 0.905. The molecule has 1 heterocycles. The van der Waals surface area contributed by atoms with E-state index in [2.05, 4.69) is 15.6 Å². The largest absolute Gasteiger partial charge is 0.343 e. The molecule has 5 heteroatoms. The van der Waals surface area contributed by atoms with Crippen molar-refractivity contribution in [1.29, 1.82) is 0 Å². The van der Waals surface area contributed by atoms with Gasteiger partial charge in [-0.2, -0.15) is 0 Å². The molecule has 3 rings (SSSR count). The predicted octanol–water partition coefficient (Wildman–Crippen LogP) is 3.13. The van der Waals surface area contributed by atoms with Crippen molar-refractivity contribution in [2.45, 2.75) is 18.9 Å². The highest BCUT2D eigenvalue weighted by Gasteiger charge is 2.23. The summed E-state index contributed by atoms with van der Waals surface area (Å²) in [5, 5.41) is 5.60.